The molecular formula is C79H64F6N4O4+4. The zero-order chi connectivity index (χ0) is 65.4. The van der Waals surface area contributed by atoms with Crippen molar-refractivity contribution < 1.29 is 62.3 Å². The van der Waals surface area contributed by atoms with Crippen molar-refractivity contribution >= 4 is 87.8 Å². The molecule has 0 N–H and O–H groups in total. The molecule has 8 heterocycles. The molecule has 462 valence electrons. The molecule has 0 bridgehead atoms. The van der Waals surface area contributed by atoms with Crippen LogP contribution in [0.2, 0.25) is 0 Å². The van der Waals surface area contributed by atoms with Gasteiger partial charge in [-0.1, -0.05) is 0 Å². The molecule has 8 nitrogen and oxygen atoms in total. The Kier molecular flexibility index (Phi) is 15.8. The molecule has 0 unspecified atom stereocenters. The van der Waals surface area contributed by atoms with Crippen molar-refractivity contribution in [2.45, 2.75) is 48.5 Å². The minimum atomic E-state index is -0.638. The lowest BCUT2D eigenvalue weighted by molar-refractivity contribution is -0.660. The zero-order valence-electron chi connectivity index (χ0n) is 53.1. The van der Waals surface area contributed by atoms with E-state index >= 15 is 4.39 Å². The molecule has 0 saturated heterocycles. The average Bonchev–Trinajstić information content (AvgIpc) is 1.70. The molecule has 16 aromatic rings. The largest absolute Gasteiger partial charge is 0.456 e. The van der Waals surface area contributed by atoms with Crippen LogP contribution in [0, 0.1) is 83.4 Å². The molecule has 0 atom stereocenters. The Morgan fingerprint density at radius 2 is 0.667 bits per heavy atom. The van der Waals surface area contributed by atoms with Gasteiger partial charge in [-0.2, -0.15) is 0 Å². The summed E-state index contributed by atoms with van der Waals surface area (Å²) in [6, 6.07) is 48.1. The number of halogens is 6. The van der Waals surface area contributed by atoms with Crippen LogP contribution in [0.15, 0.2) is 206 Å². The van der Waals surface area contributed by atoms with Gasteiger partial charge in [0.2, 0.25) is 22.8 Å². The number of aromatic nitrogens is 4. The van der Waals surface area contributed by atoms with Gasteiger partial charge in [0.1, 0.15) is 108 Å². The standard InChI is InChI=1S/2C20H16F2NO.C20H17FNO.C19H15FNO/c1-11-4-5-23(3)17(6-11)14-10-18-15(7-12(14)2)20-16(22)8-13(21)9-19(20)24-18;1-11-6-7-23(3)16(8-11)15-10-18-19(20(22)12(15)2)14-5-4-13(21)9-17(14)24-18;1-12-6-7-22(3)18(8-12)16-11-20-17(9-13(16)2)15-5-4-14(21)10-19(15)23-20;1-12-9-18-16(14-7-6-13(20)10-19(14)22-18)11-15(12)17-5-3-4-8-21(17)2/h2*4-10H,1-3H3;4-11H,1-3H3;3-11H,1-2H3/q4*+1. The van der Waals surface area contributed by atoms with E-state index in [1.54, 1.807) is 25.1 Å². The van der Waals surface area contributed by atoms with E-state index in [-0.39, 0.29) is 23.0 Å². The Morgan fingerprint density at radius 1 is 0.280 bits per heavy atom. The van der Waals surface area contributed by atoms with E-state index in [1.807, 2.05) is 131 Å². The number of aryl methyl sites for hydroxylation is 10. The molecule has 0 spiro atoms. The van der Waals surface area contributed by atoms with E-state index in [1.165, 1.54) is 53.6 Å². The molecule has 8 aromatic carbocycles. The Labute approximate surface area is 531 Å². The topological polar surface area (TPSA) is 68.1 Å². The Balaban J connectivity index is 0.000000113. The van der Waals surface area contributed by atoms with E-state index in [4.69, 9.17) is 17.7 Å². The Morgan fingerprint density at radius 3 is 1.20 bits per heavy atom. The summed E-state index contributed by atoms with van der Waals surface area (Å²) in [5.41, 5.74) is 19.9. The quantitative estimate of drug-likeness (QED) is 0.130. The van der Waals surface area contributed by atoms with Crippen LogP contribution in [0.3, 0.4) is 0 Å². The van der Waals surface area contributed by atoms with Gasteiger partial charge in [-0.3, -0.25) is 0 Å². The third-order valence-corrected chi connectivity index (χ3v) is 17.4. The lowest BCUT2D eigenvalue weighted by Gasteiger charge is -2.07. The maximum absolute atomic E-state index is 15.1. The number of fused-ring (bicyclic) bond motifs is 12. The first kappa shape index (κ1) is 61.0. The fourth-order valence-corrected chi connectivity index (χ4v) is 12.5. The summed E-state index contributed by atoms with van der Waals surface area (Å²) in [5.74, 6) is -2.52. The zero-order valence-corrected chi connectivity index (χ0v) is 53.1. The van der Waals surface area contributed by atoms with Crippen molar-refractivity contribution in [2.24, 2.45) is 28.2 Å². The van der Waals surface area contributed by atoms with Gasteiger partial charge < -0.3 is 17.7 Å². The number of hydrogen-bond donors (Lipinski definition) is 0. The lowest BCUT2D eigenvalue weighted by atomic mass is 9.99. The van der Waals surface area contributed by atoms with Crippen LogP contribution in [0.1, 0.15) is 38.9 Å². The van der Waals surface area contributed by atoms with E-state index in [0.717, 1.165) is 106 Å². The molecule has 0 radical (unpaired) electrons. The van der Waals surface area contributed by atoms with Crippen LogP contribution in [-0.2, 0) is 28.2 Å². The third kappa shape index (κ3) is 11.5. The molecule has 0 aliphatic heterocycles. The SMILES string of the molecule is Cc1cc2oc3cc(F)ccc3c2cc1-c1cccc[n+]1C.Cc1cc[n+](C)c(-c2cc3oc4cc(F)cc(F)c4c3cc2C)c1.Cc1cc[n+](C)c(-c2cc3oc4cc(F)ccc4c3c(F)c2C)c1.Cc1cc[n+](C)c(-c2cc3oc4cc(F)ccc4c3cc2C)c1. The summed E-state index contributed by atoms with van der Waals surface area (Å²) >= 11 is 0. The second-order valence-electron chi connectivity index (χ2n) is 24.1. The molecule has 93 heavy (non-hydrogen) atoms. The van der Waals surface area contributed by atoms with Gasteiger partial charge in [-0.25, -0.2) is 44.6 Å². The fraction of sp³-hybridized carbons (Fsp3) is 0.139. The molecular weight excluding hydrogens is 1180 g/mol. The normalized spacial score (nSPS) is 11.5. The molecule has 0 amide bonds. The Bertz CT molecular complexity index is 5700. The summed E-state index contributed by atoms with van der Waals surface area (Å²) in [5, 5.41) is 5.92. The van der Waals surface area contributed by atoms with Gasteiger partial charge in [0.25, 0.3) is 0 Å². The highest BCUT2D eigenvalue weighted by Crippen LogP contribution is 2.40. The number of rotatable bonds is 4. The first-order chi connectivity index (χ1) is 44.5. The van der Waals surface area contributed by atoms with Crippen molar-refractivity contribution in [2.75, 3.05) is 0 Å². The smallest absolute Gasteiger partial charge is 0.213 e. The van der Waals surface area contributed by atoms with E-state index in [0.29, 0.717) is 55.0 Å². The van der Waals surface area contributed by atoms with Crippen LogP contribution >= 0.6 is 0 Å². The highest BCUT2D eigenvalue weighted by Gasteiger charge is 2.24. The van der Waals surface area contributed by atoms with Crippen LogP contribution in [-0.4, -0.2) is 0 Å². The molecule has 14 heteroatoms. The van der Waals surface area contributed by atoms with Crippen molar-refractivity contribution in [3.63, 3.8) is 0 Å². The lowest BCUT2D eigenvalue weighted by Crippen LogP contribution is -2.30. The minimum absolute atomic E-state index is 0.229. The number of nitrogens with zero attached hydrogens (tertiary/aromatic N) is 4. The van der Waals surface area contributed by atoms with Gasteiger partial charge in [0.15, 0.2) is 24.8 Å². The number of pyridine rings is 4. The van der Waals surface area contributed by atoms with Crippen LogP contribution < -0.4 is 18.3 Å². The summed E-state index contributed by atoms with van der Waals surface area (Å²) in [4.78, 5) is 0. The third-order valence-electron chi connectivity index (χ3n) is 17.4. The maximum Gasteiger partial charge on any atom is 0.213 e. The van der Waals surface area contributed by atoms with Crippen LogP contribution in [0.25, 0.3) is 133 Å². The first-order valence-electron chi connectivity index (χ1n) is 30.3. The summed E-state index contributed by atoms with van der Waals surface area (Å²) in [6.45, 7) is 14.0. The second kappa shape index (κ2) is 24.1. The first-order valence-corrected chi connectivity index (χ1v) is 30.3. The Hall–Kier alpha value is -10.9. The summed E-state index contributed by atoms with van der Waals surface area (Å²) in [7, 11) is 7.96. The molecule has 0 aliphatic rings. The van der Waals surface area contributed by atoms with Gasteiger partial charge in [0.05, 0.1) is 27.5 Å². The van der Waals surface area contributed by atoms with E-state index in [2.05, 4.69) is 78.6 Å². The van der Waals surface area contributed by atoms with Gasteiger partial charge >= 0.3 is 0 Å². The van der Waals surface area contributed by atoms with Gasteiger partial charge in [-0.05, 0) is 172 Å². The maximum atomic E-state index is 15.1. The molecule has 0 saturated carbocycles. The monoisotopic (exact) mass is 1250 g/mol. The van der Waals surface area contributed by atoms with Crippen LogP contribution in [0.4, 0.5) is 26.3 Å². The van der Waals surface area contributed by atoms with Crippen molar-refractivity contribution in [3.05, 3.63) is 262 Å². The highest BCUT2D eigenvalue weighted by molar-refractivity contribution is 6.09. The van der Waals surface area contributed by atoms with Gasteiger partial charge in [0, 0.05) is 117 Å². The molecule has 0 aliphatic carbocycles. The van der Waals surface area contributed by atoms with Crippen LogP contribution in [0.5, 0.6) is 0 Å². The van der Waals surface area contributed by atoms with Crippen molar-refractivity contribution in [3.8, 4) is 45.0 Å². The van der Waals surface area contributed by atoms with Gasteiger partial charge in [-0.15, -0.1) is 0 Å². The van der Waals surface area contributed by atoms with Crippen molar-refractivity contribution in [1.82, 2.24) is 0 Å². The number of hydrogen-bond acceptors (Lipinski definition) is 4. The fourth-order valence-electron chi connectivity index (χ4n) is 12.5. The van der Waals surface area contributed by atoms with E-state index < -0.39 is 17.5 Å². The summed E-state index contributed by atoms with van der Waals surface area (Å²) < 4.78 is 114. The molecule has 0 fully saturated rings. The van der Waals surface area contributed by atoms with E-state index in [9.17, 15) is 22.0 Å². The number of benzene rings is 8. The predicted molar refractivity (Wildman–Crippen MR) is 354 cm³/mol. The predicted octanol–water partition coefficient (Wildman–Crippen LogP) is 19.3. The molecule has 16 rings (SSSR count). The van der Waals surface area contributed by atoms with Crippen molar-refractivity contribution in [1.29, 1.82) is 0 Å². The minimum Gasteiger partial charge on any atom is -0.456 e. The highest BCUT2D eigenvalue weighted by atomic mass is 19.1. The molecule has 8 aromatic heterocycles. The summed E-state index contributed by atoms with van der Waals surface area (Å²) in [6.07, 6.45) is 8.03. The second-order valence-corrected chi connectivity index (χ2v) is 24.1. The average molecular weight is 1250 g/mol. The number of furan rings is 4.